The summed E-state index contributed by atoms with van der Waals surface area (Å²) in [4.78, 5) is 2.35. The van der Waals surface area contributed by atoms with Crippen molar-refractivity contribution in [2.75, 3.05) is 4.90 Å². The number of furan rings is 1. The van der Waals surface area contributed by atoms with E-state index in [9.17, 15) is 0 Å². The Labute approximate surface area is 302 Å². The first-order valence-corrected chi connectivity index (χ1v) is 17.7. The second-order valence-corrected chi connectivity index (χ2v) is 13.4. The van der Waals surface area contributed by atoms with E-state index in [-0.39, 0.29) is 0 Å². The van der Waals surface area contributed by atoms with E-state index < -0.39 is 0 Å². The van der Waals surface area contributed by atoms with E-state index in [1.807, 2.05) is 12.1 Å². The van der Waals surface area contributed by atoms with Crippen molar-refractivity contribution >= 4 is 60.5 Å². The molecule has 0 aliphatic rings. The summed E-state index contributed by atoms with van der Waals surface area (Å²) in [6.07, 6.45) is 0. The van der Waals surface area contributed by atoms with Gasteiger partial charge in [-0.05, 0) is 128 Å². The maximum absolute atomic E-state index is 6.12. The lowest BCUT2D eigenvalue weighted by molar-refractivity contribution is 0.669. The van der Waals surface area contributed by atoms with Gasteiger partial charge in [-0.15, -0.1) is 0 Å². The van der Waals surface area contributed by atoms with Gasteiger partial charge in [-0.2, -0.15) is 0 Å². The van der Waals surface area contributed by atoms with Crippen LogP contribution in [-0.2, 0) is 0 Å². The van der Waals surface area contributed by atoms with E-state index in [2.05, 4.69) is 193 Å². The standard InChI is InChI=1S/C50H33NO/c1-2-15-44(16-3-1)51(45-17-9-14-39(31-45)42-25-27-50-48(33-42)47-18-6-7-19-49(47)52-50)46-26-24-35-21-23-41(30-43(35)32-46)38-13-8-12-37(29-38)40-22-20-34-10-4-5-11-36(34)28-40/h1-33H. The number of benzene rings is 9. The molecule has 244 valence electrons. The van der Waals surface area contributed by atoms with Crippen LogP contribution in [0.5, 0.6) is 0 Å². The molecule has 9 aromatic carbocycles. The second kappa shape index (κ2) is 12.5. The van der Waals surface area contributed by atoms with Crippen LogP contribution in [0, 0.1) is 0 Å². The van der Waals surface area contributed by atoms with Crippen LogP contribution in [0.2, 0.25) is 0 Å². The lowest BCUT2D eigenvalue weighted by atomic mass is 9.96. The second-order valence-electron chi connectivity index (χ2n) is 13.4. The summed E-state index contributed by atoms with van der Waals surface area (Å²) >= 11 is 0. The molecule has 2 nitrogen and oxygen atoms in total. The summed E-state index contributed by atoms with van der Waals surface area (Å²) in [7, 11) is 0. The molecule has 1 aromatic heterocycles. The highest BCUT2D eigenvalue weighted by Gasteiger charge is 2.15. The molecule has 0 saturated carbocycles. The molecule has 52 heavy (non-hydrogen) atoms. The molecule has 0 atom stereocenters. The highest BCUT2D eigenvalue weighted by Crippen LogP contribution is 2.40. The molecular formula is C50H33NO. The van der Waals surface area contributed by atoms with Crippen molar-refractivity contribution < 1.29 is 4.42 Å². The molecule has 10 aromatic rings. The van der Waals surface area contributed by atoms with E-state index >= 15 is 0 Å². The average molecular weight is 664 g/mol. The number of para-hydroxylation sites is 2. The molecule has 0 fully saturated rings. The molecular weight excluding hydrogens is 631 g/mol. The number of hydrogen-bond acceptors (Lipinski definition) is 2. The first kappa shape index (κ1) is 30.0. The van der Waals surface area contributed by atoms with Crippen molar-refractivity contribution in [1.29, 1.82) is 0 Å². The van der Waals surface area contributed by atoms with Crippen LogP contribution in [0.3, 0.4) is 0 Å². The Morgan fingerprint density at radius 2 is 0.808 bits per heavy atom. The average Bonchev–Trinajstić information content (AvgIpc) is 3.59. The van der Waals surface area contributed by atoms with Crippen molar-refractivity contribution in [2.24, 2.45) is 0 Å². The molecule has 0 N–H and O–H groups in total. The van der Waals surface area contributed by atoms with Crippen molar-refractivity contribution in [3.05, 3.63) is 200 Å². The molecule has 2 heteroatoms. The van der Waals surface area contributed by atoms with Gasteiger partial charge in [-0.1, -0.05) is 127 Å². The quantitative estimate of drug-likeness (QED) is 0.176. The van der Waals surface area contributed by atoms with Gasteiger partial charge in [-0.25, -0.2) is 0 Å². The van der Waals surface area contributed by atoms with Crippen LogP contribution in [0.15, 0.2) is 205 Å². The fourth-order valence-corrected chi connectivity index (χ4v) is 7.55. The van der Waals surface area contributed by atoms with Gasteiger partial charge in [-0.3, -0.25) is 0 Å². The van der Waals surface area contributed by atoms with Crippen LogP contribution in [0.25, 0.3) is 76.9 Å². The number of fused-ring (bicyclic) bond motifs is 5. The lowest BCUT2D eigenvalue weighted by Gasteiger charge is -2.26. The third kappa shape index (κ3) is 5.39. The number of hydrogen-bond donors (Lipinski definition) is 0. The van der Waals surface area contributed by atoms with Crippen molar-refractivity contribution in [3.63, 3.8) is 0 Å². The Morgan fingerprint density at radius 3 is 1.63 bits per heavy atom. The highest BCUT2D eigenvalue weighted by atomic mass is 16.3. The van der Waals surface area contributed by atoms with Gasteiger partial charge in [0.2, 0.25) is 0 Å². The van der Waals surface area contributed by atoms with E-state index in [4.69, 9.17) is 4.42 Å². The number of anilines is 3. The van der Waals surface area contributed by atoms with Crippen LogP contribution in [0.1, 0.15) is 0 Å². The molecule has 0 aliphatic carbocycles. The predicted molar refractivity (Wildman–Crippen MR) is 220 cm³/mol. The summed E-state index contributed by atoms with van der Waals surface area (Å²) in [5.74, 6) is 0. The van der Waals surface area contributed by atoms with Gasteiger partial charge < -0.3 is 9.32 Å². The van der Waals surface area contributed by atoms with Crippen molar-refractivity contribution in [3.8, 4) is 33.4 Å². The van der Waals surface area contributed by atoms with Crippen LogP contribution < -0.4 is 4.90 Å². The molecule has 0 unspecified atom stereocenters. The minimum absolute atomic E-state index is 0.906. The summed E-state index contributed by atoms with van der Waals surface area (Å²) in [6.45, 7) is 0. The Morgan fingerprint density at radius 1 is 0.269 bits per heavy atom. The van der Waals surface area contributed by atoms with Gasteiger partial charge in [0.25, 0.3) is 0 Å². The number of nitrogens with zero attached hydrogens (tertiary/aromatic N) is 1. The lowest BCUT2D eigenvalue weighted by Crippen LogP contribution is -2.09. The summed E-state index contributed by atoms with van der Waals surface area (Å²) in [6, 6.07) is 71.9. The zero-order valence-electron chi connectivity index (χ0n) is 28.4. The summed E-state index contributed by atoms with van der Waals surface area (Å²) in [5, 5.41) is 7.18. The zero-order valence-corrected chi connectivity index (χ0v) is 28.4. The Balaban J connectivity index is 1.04. The van der Waals surface area contributed by atoms with E-state index in [0.717, 1.165) is 50.1 Å². The minimum atomic E-state index is 0.906. The normalized spacial score (nSPS) is 11.5. The van der Waals surface area contributed by atoms with Crippen LogP contribution in [-0.4, -0.2) is 0 Å². The summed E-state index contributed by atoms with van der Waals surface area (Å²) < 4.78 is 6.12. The molecule has 0 amide bonds. The van der Waals surface area contributed by atoms with Crippen LogP contribution in [0.4, 0.5) is 17.1 Å². The van der Waals surface area contributed by atoms with Crippen molar-refractivity contribution in [2.45, 2.75) is 0 Å². The fourth-order valence-electron chi connectivity index (χ4n) is 7.55. The molecule has 0 spiro atoms. The third-order valence-corrected chi connectivity index (χ3v) is 10.2. The van der Waals surface area contributed by atoms with Crippen molar-refractivity contribution in [1.82, 2.24) is 0 Å². The maximum Gasteiger partial charge on any atom is 0.135 e. The Bertz CT molecular complexity index is 2920. The maximum atomic E-state index is 6.12. The smallest absolute Gasteiger partial charge is 0.135 e. The van der Waals surface area contributed by atoms with Gasteiger partial charge in [0.05, 0.1) is 0 Å². The predicted octanol–water partition coefficient (Wildman–Crippen LogP) is 14.4. The monoisotopic (exact) mass is 663 g/mol. The Hall–Kier alpha value is -6.90. The van der Waals surface area contributed by atoms with E-state index in [1.54, 1.807) is 0 Å². The highest BCUT2D eigenvalue weighted by molar-refractivity contribution is 6.06. The molecule has 0 saturated heterocycles. The van der Waals surface area contributed by atoms with Gasteiger partial charge in [0.1, 0.15) is 11.2 Å². The molecule has 0 aliphatic heterocycles. The Kier molecular flexibility index (Phi) is 7.18. The van der Waals surface area contributed by atoms with Crippen LogP contribution >= 0.6 is 0 Å². The van der Waals surface area contributed by atoms with E-state index in [1.165, 1.54) is 43.8 Å². The topological polar surface area (TPSA) is 16.4 Å². The molecule has 1 heterocycles. The molecule has 0 bridgehead atoms. The number of rotatable bonds is 6. The molecule has 10 rings (SSSR count). The minimum Gasteiger partial charge on any atom is -0.456 e. The van der Waals surface area contributed by atoms with Gasteiger partial charge >= 0.3 is 0 Å². The third-order valence-electron chi connectivity index (χ3n) is 10.2. The first-order valence-electron chi connectivity index (χ1n) is 17.7. The first-order chi connectivity index (χ1) is 25.7. The largest absolute Gasteiger partial charge is 0.456 e. The SMILES string of the molecule is c1ccc(N(c2cccc(-c3ccc4oc5ccccc5c4c3)c2)c2ccc3ccc(-c4cccc(-c5ccc6ccccc6c5)c4)cc3c2)cc1. The van der Waals surface area contributed by atoms with Gasteiger partial charge in [0, 0.05) is 27.8 Å². The summed E-state index contributed by atoms with van der Waals surface area (Å²) in [5.41, 5.74) is 12.3. The van der Waals surface area contributed by atoms with E-state index in [0.29, 0.717) is 0 Å². The fraction of sp³-hybridized carbons (Fsp3) is 0. The zero-order chi connectivity index (χ0) is 34.4. The molecule has 0 radical (unpaired) electrons. The van der Waals surface area contributed by atoms with Gasteiger partial charge in [0.15, 0.2) is 0 Å².